The van der Waals surface area contributed by atoms with E-state index in [1.54, 1.807) is 51.1 Å². The van der Waals surface area contributed by atoms with Gasteiger partial charge in [-0.25, -0.2) is 44.7 Å². The van der Waals surface area contributed by atoms with E-state index in [1.807, 2.05) is 102 Å². The number of phenolic OH excluding ortho intramolecular Hbond substituents is 1. The molecule has 2 unspecified atom stereocenters. The van der Waals surface area contributed by atoms with Gasteiger partial charge in [-0.05, 0) is 179 Å². The summed E-state index contributed by atoms with van der Waals surface area (Å²) in [5, 5.41) is 41.0. The van der Waals surface area contributed by atoms with Gasteiger partial charge in [0.2, 0.25) is 0 Å². The van der Waals surface area contributed by atoms with Gasteiger partial charge < -0.3 is 69.9 Å². The number of anilines is 6. The summed E-state index contributed by atoms with van der Waals surface area (Å²) in [6.07, 6.45) is 15.1. The molecule has 25 heteroatoms. The summed E-state index contributed by atoms with van der Waals surface area (Å²) in [5.74, 6) is 6.22. The van der Waals surface area contributed by atoms with E-state index in [2.05, 4.69) is 190 Å². The second kappa shape index (κ2) is 39.7. The van der Waals surface area contributed by atoms with Crippen LogP contribution < -0.4 is 29.9 Å². The molecule has 2 amide bonds. The molecule has 13 aromatic rings. The number of aromatic hydroxyl groups is 1. The van der Waals surface area contributed by atoms with Crippen LogP contribution in [0.25, 0.3) is 54.6 Å². The van der Waals surface area contributed by atoms with Crippen LogP contribution in [0.3, 0.4) is 0 Å². The van der Waals surface area contributed by atoms with Crippen molar-refractivity contribution < 1.29 is 34.4 Å². The fourth-order valence-corrected chi connectivity index (χ4v) is 14.9. The first-order valence-corrected chi connectivity index (χ1v) is 39.1. The zero-order valence-electron chi connectivity index (χ0n) is 67.1. The van der Waals surface area contributed by atoms with Crippen molar-refractivity contribution in [2.75, 3.05) is 102 Å². The average Bonchev–Trinajstić information content (AvgIpc) is 1.74. The number of likely N-dealkylation sites (N-methyl/N-ethyl adjacent to an activating group) is 3. The largest absolute Gasteiger partial charge is 0.508 e. The van der Waals surface area contributed by atoms with Crippen LogP contribution >= 0.6 is 0 Å². The highest BCUT2D eigenvalue weighted by Gasteiger charge is 2.35. The summed E-state index contributed by atoms with van der Waals surface area (Å²) in [7, 11) is 9.64. The molecule has 115 heavy (non-hydrogen) atoms. The number of benzene rings is 7. The lowest BCUT2D eigenvalue weighted by molar-refractivity contribution is 0.0952. The van der Waals surface area contributed by atoms with Crippen molar-refractivity contribution in [3.05, 3.63) is 223 Å². The number of fused-ring (bicyclic) bond motifs is 5. The maximum Gasteiger partial charge on any atom is 0.320 e. The normalized spacial score (nSPS) is 16.0. The van der Waals surface area contributed by atoms with E-state index in [-0.39, 0.29) is 44.2 Å². The third kappa shape index (κ3) is 20.9. The first-order valence-electron chi connectivity index (χ1n) is 39.1. The van der Waals surface area contributed by atoms with Crippen molar-refractivity contribution in [2.24, 2.45) is 11.8 Å². The van der Waals surface area contributed by atoms with Gasteiger partial charge in [-0.2, -0.15) is 0 Å². The summed E-state index contributed by atoms with van der Waals surface area (Å²) < 4.78 is 10.7. The van der Waals surface area contributed by atoms with Crippen molar-refractivity contribution in [2.45, 2.75) is 119 Å². The molecule has 0 saturated carbocycles. The Kier molecular flexibility index (Phi) is 29.0. The number of amides is 2. The second-order valence-corrected chi connectivity index (χ2v) is 30.0. The number of hydrogen-bond acceptors (Lipinski definition) is 21. The lowest BCUT2D eigenvalue weighted by atomic mass is 9.92. The Morgan fingerprint density at radius 1 is 0.574 bits per heavy atom. The van der Waals surface area contributed by atoms with E-state index >= 15 is 0 Å². The van der Waals surface area contributed by atoms with Crippen LogP contribution in [0.2, 0.25) is 0 Å². The minimum absolute atomic E-state index is 0. The van der Waals surface area contributed by atoms with E-state index < -0.39 is 0 Å². The summed E-state index contributed by atoms with van der Waals surface area (Å²) >= 11 is 0. The summed E-state index contributed by atoms with van der Waals surface area (Å²) in [6, 6.07) is 50.6. The lowest BCUT2D eigenvalue weighted by Gasteiger charge is -2.43. The number of likely N-dealkylation sites (tertiary alicyclic amines) is 3. The van der Waals surface area contributed by atoms with Gasteiger partial charge in [0, 0.05) is 125 Å². The third-order valence-electron chi connectivity index (χ3n) is 21.9. The third-order valence-corrected chi connectivity index (χ3v) is 21.9. The van der Waals surface area contributed by atoms with E-state index in [9.17, 15) is 24.9 Å². The monoisotopic (exact) mass is 1550 g/mol. The van der Waals surface area contributed by atoms with E-state index in [1.165, 1.54) is 42.1 Å². The molecule has 3 saturated heterocycles. The first-order chi connectivity index (χ1) is 55.3. The number of ketones is 1. The van der Waals surface area contributed by atoms with Gasteiger partial charge >= 0.3 is 6.03 Å². The maximum atomic E-state index is 12.8. The van der Waals surface area contributed by atoms with Crippen LogP contribution in [0.5, 0.6) is 17.2 Å². The molecule has 3 fully saturated rings. The molecule has 7 N–H and O–H groups in total. The van der Waals surface area contributed by atoms with Gasteiger partial charge in [0.15, 0.2) is 17.3 Å². The zero-order chi connectivity index (χ0) is 80.4. The number of hydrogen-bond donors (Lipinski definition) is 7. The maximum absolute atomic E-state index is 12.8. The highest BCUT2D eigenvalue weighted by Crippen LogP contribution is 2.36. The Balaban J connectivity index is 0.000000142. The Hall–Kier alpha value is -11.9. The average molecular weight is 1560 g/mol. The molecule has 25 nitrogen and oxygen atoms in total. The molecule has 3 aliphatic heterocycles. The van der Waals surface area contributed by atoms with Crippen molar-refractivity contribution >= 4 is 101 Å². The molecule has 6 aromatic heterocycles. The smallest absolute Gasteiger partial charge is 0.320 e. The molecule has 7 aromatic carbocycles. The standard InChI is InChI=1S/C23H25NO.C18H26N6O.C17H17N3O3.C17H17N3O2.C14H21N5.CH4/c1-18(2)24(17-19-8-4-3-5-9-19)15-14-23(25)22-13-12-20-10-6-7-11-21(20)16-22;1-13-6-10-24(18(25)23-8-3-4-9-23)11-15(13)22(2)17-14-5-7-19-16(14)20-12-21-17;1-10-4-13(2-3-16(10)23)20-17-14-5-11(7-21)12(8-22)6-15(14)18-9-19-17;1-11-4-6-12(7-5-11)20-17-13-8-15(21-2)16(22-3)9-14(13)18-10-19-17;1-10-5-7-18(2)8-12(10)19(3)14-11-4-6-15-13(11)16-9-17-14;/h3-13,16,18H,14-15,17H2,1-2H3;5,7,12-13,15H,3-4,6,8-11H2,1-2H3,(H,19,20,21);2-6,9,21-23H,7-8H2,1H3,(H,18,19,20);4-10H,1-3H3,(H,18,19,20);4,6,9-10,12H,5,7-8H2,1-3H3,(H,15,16,17);1H4/t;13-,15+;;;;/m.0..../s1. The van der Waals surface area contributed by atoms with Crippen molar-refractivity contribution in [3.63, 3.8) is 0 Å². The van der Waals surface area contributed by atoms with Gasteiger partial charge in [0.05, 0.1) is 55.3 Å². The SMILES string of the molecule is C.CC(C)N(CCC(=O)c1ccc2ccccc2c1)Cc1ccccc1.CC1CCN(C)CC1N(C)c1ncnc2[nH]ccc12.COc1cc2ncnc(Nc3ccc(C)cc3)c2cc1OC.C[C@H]1CCN(C(=O)N2CCCC2)C[C@H]1N(C)c1ncnc2[nH]ccc12.Cc1cc(Nc2ncnc3cc(CO)c(CO)cc23)ccc1O. The fourth-order valence-electron chi connectivity index (χ4n) is 14.9. The van der Waals surface area contributed by atoms with Crippen molar-refractivity contribution in [1.29, 1.82) is 0 Å². The number of methoxy groups -OCH3 is 2. The number of carbonyl (C=O) groups excluding carboxylic acids is 2. The number of urea groups is 1. The predicted octanol–water partition coefficient (Wildman–Crippen LogP) is 16.1. The number of aliphatic hydroxyl groups is 2. The van der Waals surface area contributed by atoms with Crippen molar-refractivity contribution in [1.82, 2.24) is 69.4 Å². The number of Topliss-reactive ketones (excluding diaryl/α,β-unsaturated/α-hetero) is 1. The quantitative estimate of drug-likeness (QED) is 0.0292. The lowest BCUT2D eigenvalue weighted by Crippen LogP contribution is -2.55. The predicted molar refractivity (Wildman–Crippen MR) is 461 cm³/mol. The van der Waals surface area contributed by atoms with Gasteiger partial charge in [0.1, 0.15) is 65.6 Å². The Morgan fingerprint density at radius 2 is 1.12 bits per heavy atom. The number of carbonyl (C=O) groups is 2. The number of nitrogens with one attached hydrogen (secondary N) is 4. The number of nitrogens with zero attached hydrogens (tertiary/aromatic N) is 14. The van der Waals surface area contributed by atoms with E-state index in [4.69, 9.17) is 9.47 Å². The van der Waals surface area contributed by atoms with Crippen LogP contribution in [0.1, 0.15) is 105 Å². The molecule has 0 aliphatic carbocycles. The summed E-state index contributed by atoms with van der Waals surface area (Å²) in [6.45, 7) is 19.9. The Bertz CT molecular complexity index is 5350. The van der Waals surface area contributed by atoms with E-state index in [0.717, 1.165) is 149 Å². The summed E-state index contributed by atoms with van der Waals surface area (Å²) in [4.78, 5) is 79.7. The number of piperidine rings is 2. The van der Waals surface area contributed by atoms with Gasteiger partial charge in [-0.15, -0.1) is 0 Å². The molecule has 0 radical (unpaired) electrons. The molecule has 0 bridgehead atoms. The highest BCUT2D eigenvalue weighted by atomic mass is 16.5. The number of ether oxygens (including phenoxy) is 2. The second-order valence-electron chi connectivity index (χ2n) is 30.0. The number of rotatable bonds is 19. The molecule has 4 atom stereocenters. The molecule has 602 valence electrons. The van der Waals surface area contributed by atoms with Crippen molar-refractivity contribution in [3.8, 4) is 17.2 Å². The molecule has 9 heterocycles. The Morgan fingerprint density at radius 3 is 1.73 bits per heavy atom. The van der Waals surface area contributed by atoms with E-state index in [0.29, 0.717) is 64.3 Å². The molecular formula is C90H110N18O7. The zero-order valence-corrected chi connectivity index (χ0v) is 67.1. The summed E-state index contributed by atoms with van der Waals surface area (Å²) in [5.41, 5.74) is 10.3. The molecule has 3 aliphatic rings. The van der Waals surface area contributed by atoms with Crippen LogP contribution in [-0.2, 0) is 19.8 Å². The minimum atomic E-state index is -0.168. The molecular weight excluding hydrogens is 1450 g/mol. The first kappa shape index (κ1) is 84.0. The number of aryl methyl sites for hydroxylation is 2. The minimum Gasteiger partial charge on any atom is -0.508 e. The van der Waals surface area contributed by atoms with Gasteiger partial charge in [0.25, 0.3) is 0 Å². The highest BCUT2D eigenvalue weighted by molar-refractivity contribution is 6.00. The van der Waals surface area contributed by atoms with Crippen LogP contribution in [0.15, 0.2) is 189 Å². The molecule has 0 spiro atoms. The Labute approximate surface area is 673 Å². The molecule has 16 rings (SSSR count). The number of phenols is 1. The van der Waals surface area contributed by atoms with Crippen LogP contribution in [0, 0.1) is 25.7 Å². The fraction of sp³-hybridized carbons (Fsp3) is 0.356. The van der Waals surface area contributed by atoms with Crippen LogP contribution in [0.4, 0.5) is 39.4 Å². The van der Waals surface area contributed by atoms with Gasteiger partial charge in [-0.1, -0.05) is 106 Å². The number of aliphatic hydroxyl groups excluding tert-OH is 2. The number of aromatic amines is 2. The van der Waals surface area contributed by atoms with Gasteiger partial charge in [-0.3, -0.25) is 9.69 Å². The topological polar surface area (TPSA) is 291 Å². The number of H-pyrrole nitrogens is 2. The van der Waals surface area contributed by atoms with Crippen LogP contribution in [-0.4, -0.2) is 196 Å². The number of aromatic nitrogens is 10.